The fraction of sp³-hybridized carbons (Fsp3) is 0.429. The molecule has 1 atom stereocenters. The van der Waals surface area contributed by atoms with Crippen LogP contribution in [0.25, 0.3) is 0 Å². The average Bonchev–Trinajstić information content (AvgIpc) is 2.69. The maximum atomic E-state index is 12.6. The molecule has 1 aromatic heterocycles. The van der Waals surface area contributed by atoms with Crippen LogP contribution in [0.4, 0.5) is 4.79 Å². The van der Waals surface area contributed by atoms with Gasteiger partial charge in [-0.25, -0.2) is 4.79 Å². The molecule has 0 radical (unpaired) electrons. The van der Waals surface area contributed by atoms with Crippen molar-refractivity contribution in [3.05, 3.63) is 65.5 Å². The highest BCUT2D eigenvalue weighted by molar-refractivity contribution is 5.75. The van der Waals surface area contributed by atoms with Crippen LogP contribution in [0.2, 0.25) is 0 Å². The third-order valence-corrected chi connectivity index (χ3v) is 5.31. The zero-order valence-electron chi connectivity index (χ0n) is 16.0. The van der Waals surface area contributed by atoms with E-state index in [9.17, 15) is 9.90 Å². The summed E-state index contributed by atoms with van der Waals surface area (Å²) in [5.74, 6) is 0. The lowest BCUT2D eigenvalue weighted by molar-refractivity contribution is -0.0123. The molecule has 0 spiro atoms. The van der Waals surface area contributed by atoms with Crippen LogP contribution in [-0.2, 0) is 0 Å². The minimum Gasteiger partial charge on any atom is -0.388 e. The van der Waals surface area contributed by atoms with Crippen LogP contribution >= 0.6 is 0 Å². The molecule has 2 heterocycles. The lowest BCUT2D eigenvalue weighted by Crippen LogP contribution is -2.52. The van der Waals surface area contributed by atoms with E-state index >= 15 is 0 Å². The number of hydrogen-bond acceptors (Lipinski definition) is 4. The topological polar surface area (TPSA) is 77.5 Å². The fourth-order valence-electron chi connectivity index (χ4n) is 3.45. The second-order valence-electron chi connectivity index (χ2n) is 7.42. The summed E-state index contributed by atoms with van der Waals surface area (Å²) in [7, 11) is 2.04. The highest BCUT2D eigenvalue weighted by Gasteiger charge is 2.31. The van der Waals surface area contributed by atoms with Crippen LogP contribution in [0.5, 0.6) is 0 Å². The predicted molar refractivity (Wildman–Crippen MR) is 105 cm³/mol. The number of amides is 2. The number of piperidine rings is 1. The Balaban J connectivity index is 1.69. The number of carbonyl (C=O) groups is 1. The van der Waals surface area contributed by atoms with E-state index in [4.69, 9.17) is 0 Å². The number of hydrogen-bond donors (Lipinski definition) is 3. The molecule has 0 saturated carbocycles. The Kier molecular flexibility index (Phi) is 6.08. The second kappa shape index (κ2) is 8.50. The largest absolute Gasteiger partial charge is 0.388 e. The van der Waals surface area contributed by atoms with E-state index in [1.165, 1.54) is 0 Å². The standard InChI is InChI=1S/C21H28N4O2/c1-16-5-3-4-6-18(16)19(17-7-11-22-12-8-17)24-20(26)23-15-21(27)9-13-25(2)14-10-21/h3-8,11-12,19,27H,9-10,13-15H2,1-2H3,(H2,23,24,26)/t19-/m1/s1. The molecule has 2 amide bonds. The van der Waals surface area contributed by atoms with Gasteiger partial charge in [0.15, 0.2) is 0 Å². The van der Waals surface area contributed by atoms with Crippen molar-refractivity contribution in [1.82, 2.24) is 20.5 Å². The molecule has 2 aromatic rings. The van der Waals surface area contributed by atoms with Crippen molar-refractivity contribution in [1.29, 1.82) is 0 Å². The summed E-state index contributed by atoms with van der Waals surface area (Å²) in [6.45, 7) is 3.96. The number of carbonyl (C=O) groups excluding carboxylic acids is 1. The Morgan fingerprint density at radius 2 is 1.89 bits per heavy atom. The van der Waals surface area contributed by atoms with Gasteiger partial charge in [0.1, 0.15) is 0 Å². The summed E-state index contributed by atoms with van der Waals surface area (Å²) < 4.78 is 0. The zero-order valence-corrected chi connectivity index (χ0v) is 16.0. The highest BCUT2D eigenvalue weighted by atomic mass is 16.3. The summed E-state index contributed by atoms with van der Waals surface area (Å²) in [6, 6.07) is 11.3. The molecule has 0 aliphatic carbocycles. The van der Waals surface area contributed by atoms with Crippen LogP contribution in [0, 0.1) is 6.92 Å². The molecule has 144 valence electrons. The van der Waals surface area contributed by atoms with E-state index in [1.54, 1.807) is 12.4 Å². The van der Waals surface area contributed by atoms with Crippen LogP contribution in [-0.4, -0.2) is 53.3 Å². The maximum Gasteiger partial charge on any atom is 0.315 e. The lowest BCUT2D eigenvalue weighted by atomic mass is 9.91. The lowest BCUT2D eigenvalue weighted by Gasteiger charge is -2.36. The first kappa shape index (κ1) is 19.3. The summed E-state index contributed by atoms with van der Waals surface area (Å²) in [5.41, 5.74) is 2.27. The number of nitrogens with one attached hydrogen (secondary N) is 2. The first-order valence-corrected chi connectivity index (χ1v) is 9.38. The van der Waals surface area contributed by atoms with Gasteiger partial charge < -0.3 is 20.6 Å². The van der Waals surface area contributed by atoms with Gasteiger partial charge in [-0.05, 0) is 55.6 Å². The fourth-order valence-corrected chi connectivity index (χ4v) is 3.45. The number of aliphatic hydroxyl groups is 1. The Bertz CT molecular complexity index is 758. The first-order chi connectivity index (χ1) is 13.0. The number of urea groups is 1. The molecule has 27 heavy (non-hydrogen) atoms. The normalized spacial score (nSPS) is 17.9. The smallest absolute Gasteiger partial charge is 0.315 e. The Hall–Kier alpha value is -2.44. The molecule has 3 rings (SSSR count). The first-order valence-electron chi connectivity index (χ1n) is 9.38. The van der Waals surface area contributed by atoms with Gasteiger partial charge in [0.05, 0.1) is 11.6 Å². The number of benzene rings is 1. The molecular formula is C21H28N4O2. The average molecular weight is 368 g/mol. The molecule has 3 N–H and O–H groups in total. The van der Waals surface area contributed by atoms with Gasteiger partial charge >= 0.3 is 6.03 Å². The molecule has 6 nitrogen and oxygen atoms in total. The van der Waals surface area contributed by atoms with Crippen molar-refractivity contribution >= 4 is 6.03 Å². The molecule has 1 aliphatic heterocycles. The number of aryl methyl sites for hydroxylation is 1. The molecular weight excluding hydrogens is 340 g/mol. The van der Waals surface area contributed by atoms with E-state index < -0.39 is 5.60 Å². The van der Waals surface area contributed by atoms with Crippen molar-refractivity contribution in [2.24, 2.45) is 0 Å². The Labute approximate surface area is 160 Å². The number of rotatable bonds is 5. The van der Waals surface area contributed by atoms with Crippen LogP contribution in [0.1, 0.15) is 35.6 Å². The third kappa shape index (κ3) is 5.05. The zero-order chi connectivity index (χ0) is 19.3. The summed E-state index contributed by atoms with van der Waals surface area (Å²) in [5, 5.41) is 16.6. The molecule has 0 unspecified atom stereocenters. The predicted octanol–water partition coefficient (Wildman–Crippen LogP) is 2.24. The van der Waals surface area contributed by atoms with Crippen LogP contribution in [0.15, 0.2) is 48.8 Å². The number of aromatic nitrogens is 1. The van der Waals surface area contributed by atoms with E-state index in [-0.39, 0.29) is 18.6 Å². The molecule has 1 fully saturated rings. The van der Waals surface area contributed by atoms with Gasteiger partial charge in [0.2, 0.25) is 0 Å². The van der Waals surface area contributed by atoms with Crippen molar-refractivity contribution in [2.75, 3.05) is 26.7 Å². The van der Waals surface area contributed by atoms with Crippen molar-refractivity contribution in [3.63, 3.8) is 0 Å². The molecule has 1 aliphatic rings. The van der Waals surface area contributed by atoms with E-state index in [0.29, 0.717) is 12.8 Å². The summed E-state index contributed by atoms with van der Waals surface area (Å²) in [4.78, 5) is 18.9. The van der Waals surface area contributed by atoms with Gasteiger partial charge in [0.25, 0.3) is 0 Å². The van der Waals surface area contributed by atoms with E-state index in [2.05, 4.69) is 20.5 Å². The highest BCUT2D eigenvalue weighted by Crippen LogP contribution is 2.25. The minimum atomic E-state index is -0.835. The van der Waals surface area contributed by atoms with Crippen LogP contribution < -0.4 is 10.6 Å². The number of pyridine rings is 1. The van der Waals surface area contributed by atoms with Crippen molar-refractivity contribution < 1.29 is 9.90 Å². The third-order valence-electron chi connectivity index (χ3n) is 5.31. The monoisotopic (exact) mass is 368 g/mol. The van der Waals surface area contributed by atoms with Crippen LogP contribution in [0.3, 0.4) is 0 Å². The van der Waals surface area contributed by atoms with Crippen molar-refractivity contribution in [2.45, 2.75) is 31.4 Å². The minimum absolute atomic E-state index is 0.253. The molecule has 1 saturated heterocycles. The van der Waals surface area contributed by atoms with Crippen molar-refractivity contribution in [3.8, 4) is 0 Å². The van der Waals surface area contributed by atoms with Gasteiger partial charge in [0, 0.05) is 32.0 Å². The molecule has 1 aromatic carbocycles. The molecule has 0 bridgehead atoms. The Morgan fingerprint density at radius 3 is 2.56 bits per heavy atom. The van der Waals surface area contributed by atoms with E-state index in [0.717, 1.165) is 29.8 Å². The summed E-state index contributed by atoms with van der Waals surface area (Å²) >= 11 is 0. The quantitative estimate of drug-likeness (QED) is 0.756. The van der Waals surface area contributed by atoms with Gasteiger partial charge in [-0.1, -0.05) is 24.3 Å². The SMILES string of the molecule is Cc1ccccc1[C@H](NC(=O)NCC1(O)CCN(C)CC1)c1ccncc1. The van der Waals surface area contributed by atoms with E-state index in [1.807, 2.05) is 50.4 Å². The number of likely N-dealkylation sites (tertiary alicyclic amines) is 1. The van der Waals surface area contributed by atoms with Gasteiger partial charge in [-0.2, -0.15) is 0 Å². The maximum absolute atomic E-state index is 12.6. The summed E-state index contributed by atoms with van der Waals surface area (Å²) in [6.07, 6.45) is 4.77. The van der Waals surface area contributed by atoms with Gasteiger partial charge in [-0.15, -0.1) is 0 Å². The molecule has 6 heteroatoms. The van der Waals surface area contributed by atoms with Gasteiger partial charge in [-0.3, -0.25) is 4.98 Å². The second-order valence-corrected chi connectivity index (χ2v) is 7.42. The number of nitrogens with zero attached hydrogens (tertiary/aromatic N) is 2. The Morgan fingerprint density at radius 1 is 1.22 bits per heavy atom.